The van der Waals surface area contributed by atoms with Gasteiger partial charge in [-0.3, -0.25) is 0 Å². The van der Waals surface area contributed by atoms with Crippen molar-refractivity contribution < 1.29 is 14.2 Å². The summed E-state index contributed by atoms with van der Waals surface area (Å²) < 4.78 is 17.8. The zero-order valence-corrected chi connectivity index (χ0v) is 18.2. The molecule has 2 aromatic carbocycles. The van der Waals surface area contributed by atoms with Gasteiger partial charge in [0.05, 0.1) is 23.4 Å². The first-order valence-electron chi connectivity index (χ1n) is 9.26. The zero-order chi connectivity index (χ0) is 19.3. The normalized spacial score (nSPS) is 11.1. The first-order valence-corrected chi connectivity index (χ1v) is 10.3. The van der Waals surface area contributed by atoms with Crippen LogP contribution in [0.25, 0.3) is 12.2 Å². The molecule has 0 aromatic heterocycles. The van der Waals surface area contributed by atoms with Gasteiger partial charge in [-0.15, -0.1) is 0 Å². The van der Waals surface area contributed by atoms with Gasteiger partial charge in [0.1, 0.15) is 12.4 Å². The maximum atomic E-state index is 5.80. The minimum atomic E-state index is 0.538. The Kier molecular flexibility index (Phi) is 10.3. The van der Waals surface area contributed by atoms with Gasteiger partial charge in [-0.25, -0.2) is 0 Å². The second-order valence-electron chi connectivity index (χ2n) is 5.97. The highest BCUT2D eigenvalue weighted by Gasteiger charge is 2.02. The van der Waals surface area contributed by atoms with Crippen LogP contribution in [0.3, 0.4) is 0 Å². The second kappa shape index (κ2) is 12.8. The molecule has 0 unspecified atom stereocenters. The summed E-state index contributed by atoms with van der Waals surface area (Å²) in [5, 5.41) is 3.12. The van der Waals surface area contributed by atoms with Crippen LogP contribution in [0, 0.1) is 3.57 Å². The fourth-order valence-electron chi connectivity index (χ4n) is 2.37. The first-order chi connectivity index (χ1) is 13.2. The quantitative estimate of drug-likeness (QED) is 0.255. The predicted octanol–water partition coefficient (Wildman–Crippen LogP) is 5.33. The number of rotatable bonds is 12. The lowest BCUT2D eigenvalue weighted by atomic mass is 10.1. The minimum Gasteiger partial charge on any atom is -0.490 e. The van der Waals surface area contributed by atoms with Crippen molar-refractivity contribution in [1.82, 2.24) is 0 Å². The SMILES string of the molecule is CCCOCCOCCOc1ccc(/C=C/c2ccc(NC)cc2)cc1[123I]. The van der Waals surface area contributed by atoms with Crippen LogP contribution in [0.5, 0.6) is 5.75 Å². The summed E-state index contributed by atoms with van der Waals surface area (Å²) in [4.78, 5) is 0. The number of benzene rings is 2. The molecule has 0 heterocycles. The maximum absolute atomic E-state index is 5.80. The molecule has 0 aliphatic carbocycles. The van der Waals surface area contributed by atoms with Crippen LogP contribution >= 0.6 is 22.6 Å². The predicted molar refractivity (Wildman–Crippen MR) is 121 cm³/mol. The molecule has 0 fully saturated rings. The van der Waals surface area contributed by atoms with E-state index in [4.69, 9.17) is 14.2 Å². The highest BCUT2D eigenvalue weighted by atomic mass is 123. The topological polar surface area (TPSA) is 39.7 Å². The molecule has 4 nitrogen and oxygen atoms in total. The second-order valence-corrected chi connectivity index (χ2v) is 7.13. The summed E-state index contributed by atoms with van der Waals surface area (Å²) in [6.45, 7) is 5.25. The smallest absolute Gasteiger partial charge is 0.132 e. The molecule has 0 aliphatic heterocycles. The van der Waals surface area contributed by atoms with Crippen molar-refractivity contribution in [3.8, 4) is 5.75 Å². The fraction of sp³-hybridized carbons (Fsp3) is 0.364. The standard InChI is InChI=1S/C22H28INO3/c1-3-12-25-13-14-26-15-16-27-22-11-8-19(17-21(22)23)5-4-18-6-9-20(24-2)10-7-18/h4-11,17,24H,3,12-16H2,1-2H3/b5-4+/i23-4. The van der Waals surface area contributed by atoms with Crippen molar-refractivity contribution in [2.75, 3.05) is 45.4 Å². The number of anilines is 1. The van der Waals surface area contributed by atoms with Crippen LogP contribution in [0.15, 0.2) is 42.5 Å². The van der Waals surface area contributed by atoms with E-state index in [9.17, 15) is 0 Å². The molecule has 0 radical (unpaired) electrons. The molecule has 0 spiro atoms. The van der Waals surface area contributed by atoms with E-state index in [1.54, 1.807) is 0 Å². The van der Waals surface area contributed by atoms with E-state index >= 15 is 0 Å². The molecule has 1 N–H and O–H groups in total. The number of halogens is 1. The Morgan fingerprint density at radius 1 is 0.852 bits per heavy atom. The van der Waals surface area contributed by atoms with Gasteiger partial charge in [-0.2, -0.15) is 0 Å². The van der Waals surface area contributed by atoms with Gasteiger partial charge < -0.3 is 19.5 Å². The van der Waals surface area contributed by atoms with Crippen molar-refractivity contribution >= 4 is 40.4 Å². The number of nitrogens with one attached hydrogen (secondary N) is 1. The molecule has 0 amide bonds. The van der Waals surface area contributed by atoms with Crippen LogP contribution in [0.4, 0.5) is 5.69 Å². The summed E-state index contributed by atoms with van der Waals surface area (Å²) in [5.74, 6) is 0.886. The summed E-state index contributed by atoms with van der Waals surface area (Å²) >= 11 is 2.31. The lowest BCUT2D eigenvalue weighted by Crippen LogP contribution is -2.11. The summed E-state index contributed by atoms with van der Waals surface area (Å²) in [6, 6.07) is 14.5. The Morgan fingerprint density at radius 3 is 2.15 bits per heavy atom. The van der Waals surface area contributed by atoms with Gasteiger partial charge in [0, 0.05) is 19.3 Å². The van der Waals surface area contributed by atoms with Crippen molar-refractivity contribution in [3.05, 3.63) is 57.2 Å². The molecule has 0 atom stereocenters. The van der Waals surface area contributed by atoms with E-state index in [-0.39, 0.29) is 0 Å². The molecule has 0 bridgehead atoms. The summed E-state index contributed by atoms with van der Waals surface area (Å²) in [7, 11) is 1.92. The molecule has 2 rings (SSSR count). The zero-order valence-electron chi connectivity index (χ0n) is 16.0. The van der Waals surface area contributed by atoms with E-state index in [2.05, 4.69) is 83.4 Å². The molecule has 2 aromatic rings. The average Bonchev–Trinajstić information content (AvgIpc) is 2.70. The van der Waals surface area contributed by atoms with Gasteiger partial charge in [0.2, 0.25) is 0 Å². The largest absolute Gasteiger partial charge is 0.490 e. The number of hydrogen-bond acceptors (Lipinski definition) is 4. The van der Waals surface area contributed by atoms with Crippen LogP contribution in [-0.2, 0) is 9.47 Å². The van der Waals surface area contributed by atoms with Gasteiger partial charge in [0.25, 0.3) is 0 Å². The van der Waals surface area contributed by atoms with Crippen molar-refractivity contribution in [3.63, 3.8) is 0 Å². The lowest BCUT2D eigenvalue weighted by molar-refractivity contribution is 0.0365. The fourth-order valence-corrected chi connectivity index (χ4v) is 3.06. The van der Waals surface area contributed by atoms with E-state index in [1.165, 1.54) is 5.56 Å². The number of hydrogen-bond donors (Lipinski definition) is 1. The van der Waals surface area contributed by atoms with Crippen LogP contribution in [-0.4, -0.2) is 40.1 Å². The third kappa shape index (κ3) is 8.32. The van der Waals surface area contributed by atoms with Crippen LogP contribution < -0.4 is 10.1 Å². The average molecular weight is 477 g/mol. The molecular formula is C22H28INO3. The molecule has 0 saturated heterocycles. The molecule has 5 heteroatoms. The Balaban J connectivity index is 1.76. The summed E-state index contributed by atoms with van der Waals surface area (Å²) in [6.07, 6.45) is 5.26. The Morgan fingerprint density at radius 2 is 1.48 bits per heavy atom. The first kappa shape index (κ1) is 21.7. The van der Waals surface area contributed by atoms with Gasteiger partial charge in [-0.05, 0) is 64.4 Å². The highest BCUT2D eigenvalue weighted by molar-refractivity contribution is 14.1. The van der Waals surface area contributed by atoms with E-state index in [1.807, 2.05) is 13.1 Å². The monoisotopic (exact) mass is 477 g/mol. The van der Waals surface area contributed by atoms with Crippen molar-refractivity contribution in [1.29, 1.82) is 0 Å². The Hall–Kier alpha value is -1.57. The lowest BCUT2D eigenvalue weighted by Gasteiger charge is -2.09. The molecule has 27 heavy (non-hydrogen) atoms. The molecule has 146 valence electrons. The van der Waals surface area contributed by atoms with Gasteiger partial charge in [-0.1, -0.05) is 37.3 Å². The third-order valence-corrected chi connectivity index (χ3v) is 4.67. The molecule has 0 aliphatic rings. The van der Waals surface area contributed by atoms with Crippen LogP contribution in [0.2, 0.25) is 0 Å². The van der Waals surface area contributed by atoms with Crippen LogP contribution in [0.1, 0.15) is 24.5 Å². The Bertz CT molecular complexity index is 701. The highest BCUT2D eigenvalue weighted by Crippen LogP contribution is 2.23. The van der Waals surface area contributed by atoms with Crippen molar-refractivity contribution in [2.24, 2.45) is 0 Å². The third-order valence-electron chi connectivity index (χ3n) is 3.83. The number of ether oxygens (including phenoxy) is 3. The van der Waals surface area contributed by atoms with E-state index in [0.717, 1.165) is 33.6 Å². The maximum Gasteiger partial charge on any atom is 0.132 e. The van der Waals surface area contributed by atoms with Crippen molar-refractivity contribution in [2.45, 2.75) is 13.3 Å². The van der Waals surface area contributed by atoms with E-state index in [0.29, 0.717) is 26.4 Å². The molecular weight excluding hydrogens is 449 g/mol. The van der Waals surface area contributed by atoms with Gasteiger partial charge >= 0.3 is 0 Å². The Labute approximate surface area is 176 Å². The van der Waals surface area contributed by atoms with E-state index < -0.39 is 0 Å². The van der Waals surface area contributed by atoms with Gasteiger partial charge in [0.15, 0.2) is 0 Å². The minimum absolute atomic E-state index is 0.538. The molecule has 0 saturated carbocycles. The summed E-state index contributed by atoms with van der Waals surface area (Å²) in [5.41, 5.74) is 3.43.